The predicted octanol–water partition coefficient (Wildman–Crippen LogP) is 2.14. The molecule has 0 spiro atoms. The Morgan fingerprint density at radius 2 is 1.65 bits per heavy atom. The highest BCUT2D eigenvalue weighted by atomic mass is 19.1. The average Bonchev–Trinajstić information content (AvgIpc) is 2.48. The quantitative estimate of drug-likeness (QED) is 0.757. The molecule has 0 saturated carbocycles. The van der Waals surface area contributed by atoms with Crippen molar-refractivity contribution < 1.29 is 14.6 Å². The average molecular weight is 275 g/mol. The summed E-state index contributed by atoms with van der Waals surface area (Å²) < 4.78 is 13.5. The minimum absolute atomic E-state index is 0.0275. The van der Waals surface area contributed by atoms with Crippen LogP contribution in [0.3, 0.4) is 0 Å². The Bertz CT molecular complexity index is 542. The van der Waals surface area contributed by atoms with Crippen molar-refractivity contribution in [1.82, 2.24) is 5.32 Å². The Labute approximate surface area is 117 Å². The van der Waals surface area contributed by atoms with Gasteiger partial charge in [0.05, 0.1) is 12.7 Å². The molecule has 2 rings (SSSR count). The van der Waals surface area contributed by atoms with E-state index in [1.54, 1.807) is 18.2 Å². The number of hydrogen-bond donors (Lipinski definition) is 3. The fraction of sp³-hybridized carbons (Fsp3) is 0.250. The molecule has 0 aromatic heterocycles. The highest BCUT2D eigenvalue weighted by molar-refractivity contribution is 5.22. The van der Waals surface area contributed by atoms with Crippen molar-refractivity contribution >= 4 is 0 Å². The van der Waals surface area contributed by atoms with Gasteiger partial charge in [0.2, 0.25) is 0 Å². The largest absolute Gasteiger partial charge is 0.392 e. The van der Waals surface area contributed by atoms with Crippen LogP contribution in [0.25, 0.3) is 0 Å². The molecule has 0 saturated heterocycles. The summed E-state index contributed by atoms with van der Waals surface area (Å²) in [4.78, 5) is 0. The molecule has 0 amide bonds. The van der Waals surface area contributed by atoms with E-state index >= 15 is 0 Å². The van der Waals surface area contributed by atoms with E-state index in [0.717, 1.165) is 11.1 Å². The van der Waals surface area contributed by atoms with E-state index in [0.29, 0.717) is 12.1 Å². The third-order valence-corrected chi connectivity index (χ3v) is 3.14. The predicted molar refractivity (Wildman–Crippen MR) is 75.4 cm³/mol. The third-order valence-electron chi connectivity index (χ3n) is 3.14. The smallest absolute Gasteiger partial charge is 0.129 e. The van der Waals surface area contributed by atoms with Gasteiger partial charge in [-0.15, -0.1) is 0 Å². The van der Waals surface area contributed by atoms with Crippen LogP contribution in [0.4, 0.5) is 4.39 Å². The fourth-order valence-corrected chi connectivity index (χ4v) is 1.97. The van der Waals surface area contributed by atoms with Crippen LogP contribution in [-0.2, 0) is 13.2 Å². The molecule has 0 bridgehead atoms. The Balaban J connectivity index is 1.84. The summed E-state index contributed by atoms with van der Waals surface area (Å²) in [7, 11) is 0. The van der Waals surface area contributed by atoms with E-state index in [2.05, 4.69) is 5.32 Å². The van der Waals surface area contributed by atoms with Crippen LogP contribution in [0.15, 0.2) is 48.5 Å². The second kappa shape index (κ2) is 7.14. The summed E-state index contributed by atoms with van der Waals surface area (Å²) in [6.07, 6.45) is -0.868. The topological polar surface area (TPSA) is 52.5 Å². The van der Waals surface area contributed by atoms with Crippen LogP contribution in [0.2, 0.25) is 0 Å². The lowest BCUT2D eigenvalue weighted by molar-refractivity contribution is 0.169. The Morgan fingerprint density at radius 3 is 2.30 bits per heavy atom. The molecule has 20 heavy (non-hydrogen) atoms. The molecule has 0 aliphatic heterocycles. The normalized spacial score (nSPS) is 12.3. The molecule has 0 fully saturated rings. The summed E-state index contributed by atoms with van der Waals surface area (Å²) in [6.45, 7) is 0.889. The van der Waals surface area contributed by atoms with E-state index in [4.69, 9.17) is 5.11 Å². The summed E-state index contributed by atoms with van der Waals surface area (Å²) in [6, 6.07) is 13.7. The molecule has 2 aromatic carbocycles. The Hall–Kier alpha value is -1.75. The molecule has 1 atom stereocenters. The maximum Gasteiger partial charge on any atom is 0.129 e. The van der Waals surface area contributed by atoms with Gasteiger partial charge in [-0.1, -0.05) is 42.5 Å². The number of aliphatic hydroxyl groups excluding tert-OH is 2. The molecule has 0 radical (unpaired) electrons. The molecular weight excluding hydrogens is 257 g/mol. The van der Waals surface area contributed by atoms with E-state index in [1.807, 2.05) is 24.3 Å². The van der Waals surface area contributed by atoms with Gasteiger partial charge in [0, 0.05) is 18.7 Å². The van der Waals surface area contributed by atoms with E-state index in [9.17, 15) is 9.50 Å². The van der Waals surface area contributed by atoms with Crippen LogP contribution in [0, 0.1) is 5.82 Å². The molecule has 3 N–H and O–H groups in total. The molecule has 0 heterocycles. The highest BCUT2D eigenvalue weighted by Gasteiger charge is 2.11. The minimum Gasteiger partial charge on any atom is -0.392 e. The molecule has 106 valence electrons. The van der Waals surface area contributed by atoms with Crippen LogP contribution in [0.5, 0.6) is 0 Å². The summed E-state index contributed by atoms with van der Waals surface area (Å²) >= 11 is 0. The zero-order chi connectivity index (χ0) is 14.4. The maximum atomic E-state index is 13.5. The first kappa shape index (κ1) is 14.7. The number of aliphatic hydroxyl groups is 2. The molecule has 0 aliphatic carbocycles. The molecule has 2 aromatic rings. The van der Waals surface area contributed by atoms with Gasteiger partial charge in [-0.25, -0.2) is 4.39 Å². The van der Waals surface area contributed by atoms with Crippen molar-refractivity contribution in [1.29, 1.82) is 0 Å². The fourth-order valence-electron chi connectivity index (χ4n) is 1.97. The Morgan fingerprint density at radius 1 is 1.00 bits per heavy atom. The van der Waals surface area contributed by atoms with Gasteiger partial charge in [0.15, 0.2) is 0 Å². The van der Waals surface area contributed by atoms with Gasteiger partial charge >= 0.3 is 0 Å². The number of nitrogens with one attached hydrogen (secondary N) is 1. The molecular formula is C16H18FNO2. The lowest BCUT2D eigenvalue weighted by atomic mass is 10.1. The summed E-state index contributed by atoms with van der Waals surface area (Å²) in [5.41, 5.74) is 2.21. The van der Waals surface area contributed by atoms with Crippen molar-refractivity contribution in [2.75, 3.05) is 6.54 Å². The number of hydrogen-bond acceptors (Lipinski definition) is 3. The van der Waals surface area contributed by atoms with Crippen LogP contribution >= 0.6 is 0 Å². The van der Waals surface area contributed by atoms with E-state index in [1.165, 1.54) is 6.07 Å². The molecule has 0 aliphatic rings. The van der Waals surface area contributed by atoms with Crippen molar-refractivity contribution in [3.8, 4) is 0 Å². The molecule has 3 nitrogen and oxygen atoms in total. The summed E-state index contributed by atoms with van der Waals surface area (Å²) in [5.74, 6) is -0.394. The number of benzene rings is 2. The maximum absolute atomic E-state index is 13.5. The van der Waals surface area contributed by atoms with E-state index in [-0.39, 0.29) is 13.2 Å². The molecule has 4 heteroatoms. The second-order valence-electron chi connectivity index (χ2n) is 4.64. The lowest BCUT2D eigenvalue weighted by Crippen LogP contribution is -2.21. The van der Waals surface area contributed by atoms with Crippen LogP contribution < -0.4 is 5.32 Å². The van der Waals surface area contributed by atoms with Gasteiger partial charge < -0.3 is 15.5 Å². The third kappa shape index (κ3) is 3.87. The van der Waals surface area contributed by atoms with Crippen molar-refractivity contribution in [2.45, 2.75) is 19.3 Å². The van der Waals surface area contributed by atoms with Gasteiger partial charge in [0.1, 0.15) is 5.82 Å². The highest BCUT2D eigenvalue weighted by Crippen LogP contribution is 2.15. The SMILES string of the molecule is OCc1ccc(CNCC(O)c2ccccc2F)cc1. The van der Waals surface area contributed by atoms with Crippen LogP contribution in [-0.4, -0.2) is 16.8 Å². The number of rotatable bonds is 6. The zero-order valence-electron chi connectivity index (χ0n) is 11.1. The van der Waals surface area contributed by atoms with Gasteiger partial charge in [0.25, 0.3) is 0 Å². The Kier molecular flexibility index (Phi) is 5.24. The van der Waals surface area contributed by atoms with E-state index < -0.39 is 11.9 Å². The van der Waals surface area contributed by atoms with Crippen molar-refractivity contribution in [3.63, 3.8) is 0 Å². The summed E-state index contributed by atoms with van der Waals surface area (Å²) in [5, 5.41) is 22.0. The van der Waals surface area contributed by atoms with Crippen molar-refractivity contribution in [3.05, 3.63) is 71.0 Å². The van der Waals surface area contributed by atoms with Gasteiger partial charge in [-0.2, -0.15) is 0 Å². The first-order chi connectivity index (χ1) is 9.70. The first-order valence-electron chi connectivity index (χ1n) is 6.52. The van der Waals surface area contributed by atoms with Gasteiger partial charge in [-0.05, 0) is 17.2 Å². The lowest BCUT2D eigenvalue weighted by Gasteiger charge is -2.13. The van der Waals surface area contributed by atoms with Crippen molar-refractivity contribution in [2.24, 2.45) is 0 Å². The first-order valence-corrected chi connectivity index (χ1v) is 6.52. The molecule has 1 unspecified atom stereocenters. The second-order valence-corrected chi connectivity index (χ2v) is 4.64. The number of halogens is 1. The monoisotopic (exact) mass is 275 g/mol. The zero-order valence-corrected chi connectivity index (χ0v) is 11.1. The van der Waals surface area contributed by atoms with Crippen LogP contribution in [0.1, 0.15) is 22.8 Å². The minimum atomic E-state index is -0.868. The standard InChI is InChI=1S/C16H18FNO2/c17-15-4-2-1-3-14(15)16(20)10-18-9-12-5-7-13(11-19)8-6-12/h1-8,16,18-20H,9-11H2. The van der Waals surface area contributed by atoms with Gasteiger partial charge in [-0.3, -0.25) is 0 Å².